The average Bonchev–Trinajstić information content (AvgIpc) is 3.48. The van der Waals surface area contributed by atoms with Crippen molar-refractivity contribution in [1.29, 1.82) is 5.26 Å². The topological polar surface area (TPSA) is 88.9 Å². The molecule has 0 spiro atoms. The lowest BCUT2D eigenvalue weighted by Crippen LogP contribution is -2.47. The van der Waals surface area contributed by atoms with Crippen molar-refractivity contribution in [1.82, 2.24) is 4.57 Å². The van der Waals surface area contributed by atoms with Gasteiger partial charge in [0.1, 0.15) is 17.6 Å². The first-order valence-corrected chi connectivity index (χ1v) is 10.1. The zero-order valence-corrected chi connectivity index (χ0v) is 16.3. The molecule has 0 radical (unpaired) electrons. The van der Waals surface area contributed by atoms with Gasteiger partial charge in [-0.25, -0.2) is 0 Å². The second kappa shape index (κ2) is 7.41. The Morgan fingerprint density at radius 2 is 1.86 bits per heavy atom. The van der Waals surface area contributed by atoms with Crippen LogP contribution in [0.3, 0.4) is 0 Å². The summed E-state index contributed by atoms with van der Waals surface area (Å²) in [6, 6.07) is 10.2. The molecule has 0 saturated carbocycles. The van der Waals surface area contributed by atoms with Crippen LogP contribution >= 0.6 is 0 Å². The summed E-state index contributed by atoms with van der Waals surface area (Å²) >= 11 is 0. The predicted molar refractivity (Wildman–Crippen MR) is 110 cm³/mol. The standard InChI is InChI=1S/C21H25N5O3/c22-12-16-10-18(23)21(26(16)13-17-2-1-9-27-17)25-7-5-24(6-8-25)15-3-4-19-20(11-15)29-14-28-19/h3-4,10-11,17H,1-2,5-9,13-14,23H2/t17-/m0/s1. The molecule has 2 N–H and O–H groups in total. The van der Waals surface area contributed by atoms with Gasteiger partial charge in [-0.15, -0.1) is 0 Å². The van der Waals surface area contributed by atoms with Gasteiger partial charge in [0, 0.05) is 44.5 Å². The molecule has 2 fully saturated rings. The number of ether oxygens (including phenoxy) is 3. The van der Waals surface area contributed by atoms with Crippen LogP contribution < -0.4 is 25.0 Å². The molecule has 1 aromatic carbocycles. The molecule has 1 aromatic heterocycles. The molecule has 5 rings (SSSR count). The summed E-state index contributed by atoms with van der Waals surface area (Å²) < 4.78 is 18.8. The maximum atomic E-state index is 9.58. The van der Waals surface area contributed by atoms with Crippen molar-refractivity contribution in [2.45, 2.75) is 25.5 Å². The largest absolute Gasteiger partial charge is 0.454 e. The molecule has 3 aliphatic rings. The van der Waals surface area contributed by atoms with Gasteiger partial charge in [-0.3, -0.25) is 0 Å². The van der Waals surface area contributed by atoms with Gasteiger partial charge in [0.05, 0.1) is 18.3 Å². The molecular formula is C21H25N5O3. The van der Waals surface area contributed by atoms with Crippen LogP contribution in [0.15, 0.2) is 24.3 Å². The SMILES string of the molecule is N#Cc1cc(N)c(N2CCN(c3ccc4c(c3)OCO4)CC2)n1C[C@@H]1CCCO1. The number of aromatic nitrogens is 1. The lowest BCUT2D eigenvalue weighted by atomic mass is 10.2. The van der Waals surface area contributed by atoms with Crippen LogP contribution in [0.5, 0.6) is 11.5 Å². The number of nitrogen functional groups attached to an aromatic ring is 1. The third-order valence-corrected chi connectivity index (χ3v) is 5.92. The maximum absolute atomic E-state index is 9.58. The summed E-state index contributed by atoms with van der Waals surface area (Å²) in [5.41, 5.74) is 8.73. The van der Waals surface area contributed by atoms with Gasteiger partial charge < -0.3 is 34.3 Å². The Bertz CT molecular complexity index is 937. The zero-order valence-electron chi connectivity index (χ0n) is 16.3. The van der Waals surface area contributed by atoms with E-state index in [2.05, 4.69) is 21.9 Å². The Morgan fingerprint density at radius 1 is 1.07 bits per heavy atom. The highest BCUT2D eigenvalue weighted by Crippen LogP contribution is 2.36. The summed E-state index contributed by atoms with van der Waals surface area (Å²) in [4.78, 5) is 4.63. The highest BCUT2D eigenvalue weighted by Gasteiger charge is 2.27. The Labute approximate surface area is 169 Å². The fraction of sp³-hybridized carbons (Fsp3) is 0.476. The van der Waals surface area contributed by atoms with Crippen LogP contribution in [0.2, 0.25) is 0 Å². The first-order valence-electron chi connectivity index (χ1n) is 10.1. The Kier molecular flexibility index (Phi) is 4.60. The smallest absolute Gasteiger partial charge is 0.231 e. The van der Waals surface area contributed by atoms with Crippen LogP contribution in [0, 0.1) is 11.3 Å². The Morgan fingerprint density at radius 3 is 2.62 bits per heavy atom. The molecule has 0 bridgehead atoms. The molecule has 8 heteroatoms. The third kappa shape index (κ3) is 3.32. The number of piperazine rings is 1. The van der Waals surface area contributed by atoms with E-state index in [1.807, 2.05) is 16.7 Å². The molecule has 1 atom stereocenters. The van der Waals surface area contributed by atoms with E-state index in [0.717, 1.165) is 68.6 Å². The van der Waals surface area contributed by atoms with E-state index in [-0.39, 0.29) is 12.9 Å². The number of rotatable bonds is 4. The quantitative estimate of drug-likeness (QED) is 0.849. The molecule has 3 aliphatic heterocycles. The van der Waals surface area contributed by atoms with E-state index in [0.29, 0.717) is 17.9 Å². The van der Waals surface area contributed by atoms with Crippen LogP contribution in [0.25, 0.3) is 0 Å². The van der Waals surface area contributed by atoms with Crippen molar-refractivity contribution in [2.75, 3.05) is 55.1 Å². The summed E-state index contributed by atoms with van der Waals surface area (Å²) in [7, 11) is 0. The minimum atomic E-state index is 0.155. The van der Waals surface area contributed by atoms with Crippen LogP contribution in [0.1, 0.15) is 18.5 Å². The van der Waals surface area contributed by atoms with Gasteiger partial charge in [0.15, 0.2) is 11.5 Å². The Hall–Kier alpha value is -3.05. The van der Waals surface area contributed by atoms with Crippen molar-refractivity contribution in [2.24, 2.45) is 0 Å². The number of benzene rings is 1. The first-order chi connectivity index (χ1) is 14.2. The van der Waals surface area contributed by atoms with Crippen molar-refractivity contribution in [3.63, 3.8) is 0 Å². The van der Waals surface area contributed by atoms with E-state index in [1.165, 1.54) is 0 Å². The summed E-state index contributed by atoms with van der Waals surface area (Å²) in [5, 5.41) is 9.58. The summed E-state index contributed by atoms with van der Waals surface area (Å²) in [5.74, 6) is 2.55. The number of fused-ring (bicyclic) bond motifs is 1. The molecular weight excluding hydrogens is 370 g/mol. The highest BCUT2D eigenvalue weighted by atomic mass is 16.7. The van der Waals surface area contributed by atoms with E-state index in [1.54, 1.807) is 6.07 Å². The molecule has 152 valence electrons. The van der Waals surface area contributed by atoms with Crippen molar-refractivity contribution in [3.05, 3.63) is 30.0 Å². The van der Waals surface area contributed by atoms with E-state index < -0.39 is 0 Å². The van der Waals surface area contributed by atoms with Gasteiger partial charge in [-0.1, -0.05) is 0 Å². The number of nitriles is 1. The Balaban J connectivity index is 1.33. The lowest BCUT2D eigenvalue weighted by molar-refractivity contribution is 0.0971. The van der Waals surface area contributed by atoms with Gasteiger partial charge in [-0.05, 0) is 31.0 Å². The minimum Gasteiger partial charge on any atom is -0.454 e. The molecule has 8 nitrogen and oxygen atoms in total. The average molecular weight is 395 g/mol. The van der Waals surface area contributed by atoms with Crippen molar-refractivity contribution in [3.8, 4) is 17.6 Å². The maximum Gasteiger partial charge on any atom is 0.231 e. The lowest BCUT2D eigenvalue weighted by Gasteiger charge is -2.38. The van der Waals surface area contributed by atoms with Gasteiger partial charge >= 0.3 is 0 Å². The zero-order chi connectivity index (χ0) is 19.8. The molecule has 29 heavy (non-hydrogen) atoms. The van der Waals surface area contributed by atoms with E-state index in [4.69, 9.17) is 19.9 Å². The van der Waals surface area contributed by atoms with Gasteiger partial charge in [-0.2, -0.15) is 5.26 Å². The second-order valence-electron chi connectivity index (χ2n) is 7.68. The van der Waals surface area contributed by atoms with Gasteiger partial charge in [0.2, 0.25) is 6.79 Å². The molecule has 0 unspecified atom stereocenters. The van der Waals surface area contributed by atoms with E-state index >= 15 is 0 Å². The fourth-order valence-electron chi connectivity index (χ4n) is 4.44. The van der Waals surface area contributed by atoms with Crippen LogP contribution in [-0.4, -0.2) is 50.2 Å². The minimum absolute atomic E-state index is 0.155. The normalized spacial score (nSPS) is 20.9. The van der Waals surface area contributed by atoms with Crippen molar-refractivity contribution >= 4 is 17.2 Å². The monoisotopic (exact) mass is 395 g/mol. The van der Waals surface area contributed by atoms with E-state index in [9.17, 15) is 5.26 Å². The number of hydrogen-bond donors (Lipinski definition) is 1. The number of hydrogen-bond acceptors (Lipinski definition) is 7. The highest BCUT2D eigenvalue weighted by molar-refractivity contribution is 5.69. The summed E-state index contributed by atoms with van der Waals surface area (Å²) in [6.45, 7) is 5.16. The van der Waals surface area contributed by atoms with Crippen molar-refractivity contribution < 1.29 is 14.2 Å². The molecule has 4 heterocycles. The summed E-state index contributed by atoms with van der Waals surface area (Å²) in [6.07, 6.45) is 2.26. The molecule has 2 aromatic rings. The molecule has 0 aliphatic carbocycles. The fourth-order valence-corrected chi connectivity index (χ4v) is 4.44. The molecule has 2 saturated heterocycles. The van der Waals surface area contributed by atoms with Crippen LogP contribution in [-0.2, 0) is 11.3 Å². The second-order valence-corrected chi connectivity index (χ2v) is 7.68. The number of anilines is 3. The van der Waals surface area contributed by atoms with Gasteiger partial charge in [0.25, 0.3) is 0 Å². The number of nitrogens with zero attached hydrogens (tertiary/aromatic N) is 4. The molecule has 0 amide bonds. The van der Waals surface area contributed by atoms with Crippen LogP contribution in [0.4, 0.5) is 17.2 Å². The predicted octanol–water partition coefficient (Wildman–Crippen LogP) is 2.18. The number of nitrogens with two attached hydrogens (primary N) is 1. The first kappa shape index (κ1) is 18.0. The third-order valence-electron chi connectivity index (χ3n) is 5.92.